The fourth-order valence-electron chi connectivity index (χ4n) is 3.08. The number of aliphatic hydroxyl groups excluding tert-OH is 1. The van der Waals surface area contributed by atoms with Crippen molar-refractivity contribution in [3.63, 3.8) is 0 Å². The Hall–Kier alpha value is -3.00. The van der Waals surface area contributed by atoms with Crippen molar-refractivity contribution in [1.82, 2.24) is 24.8 Å². The van der Waals surface area contributed by atoms with Crippen molar-refractivity contribution in [1.29, 1.82) is 0 Å². The minimum absolute atomic E-state index is 0.188. The topological polar surface area (TPSA) is 89.1 Å². The van der Waals surface area contributed by atoms with E-state index in [9.17, 15) is 9.90 Å². The fourth-order valence-corrected chi connectivity index (χ4v) is 3.08. The van der Waals surface area contributed by atoms with Gasteiger partial charge in [-0.25, -0.2) is 4.68 Å². The van der Waals surface area contributed by atoms with Crippen molar-refractivity contribution in [2.24, 2.45) is 0 Å². The first-order valence-electron chi connectivity index (χ1n) is 8.23. The van der Waals surface area contributed by atoms with Crippen LogP contribution in [0.3, 0.4) is 0 Å². The van der Waals surface area contributed by atoms with Crippen molar-refractivity contribution < 1.29 is 5.11 Å². The van der Waals surface area contributed by atoms with Crippen LogP contribution in [0.4, 0.5) is 5.69 Å². The van der Waals surface area contributed by atoms with E-state index in [0.717, 1.165) is 25.9 Å². The molecule has 0 unspecified atom stereocenters. The molecule has 0 spiro atoms. The summed E-state index contributed by atoms with van der Waals surface area (Å²) in [5.74, 6) is 0. The summed E-state index contributed by atoms with van der Waals surface area (Å²) in [7, 11) is 0. The van der Waals surface area contributed by atoms with Gasteiger partial charge < -0.3 is 10.0 Å². The van der Waals surface area contributed by atoms with Crippen molar-refractivity contribution >= 4 is 5.69 Å². The highest BCUT2D eigenvalue weighted by molar-refractivity contribution is 5.61. The fraction of sp³-hybridized carbons (Fsp3) is 0.294. The lowest BCUT2D eigenvalue weighted by atomic mass is 10.3. The number of aromatic nitrogens is 5. The molecule has 0 bridgehead atoms. The van der Waals surface area contributed by atoms with Crippen LogP contribution in [-0.4, -0.2) is 43.0 Å². The van der Waals surface area contributed by atoms with Gasteiger partial charge in [-0.3, -0.25) is 4.79 Å². The molecule has 0 aliphatic carbocycles. The van der Waals surface area contributed by atoms with E-state index in [4.69, 9.17) is 0 Å². The van der Waals surface area contributed by atoms with Crippen molar-refractivity contribution in [3.05, 3.63) is 58.8 Å². The molecule has 1 aliphatic heterocycles. The van der Waals surface area contributed by atoms with Crippen LogP contribution >= 0.6 is 0 Å². The van der Waals surface area contributed by atoms with Crippen LogP contribution in [0.2, 0.25) is 0 Å². The lowest BCUT2D eigenvalue weighted by molar-refractivity contribution is 0.276. The van der Waals surface area contributed by atoms with E-state index >= 15 is 0 Å². The second kappa shape index (κ2) is 6.48. The third kappa shape index (κ3) is 2.80. The zero-order valence-corrected chi connectivity index (χ0v) is 13.6. The molecular formula is C17H18N6O2. The molecule has 128 valence electrons. The molecule has 8 nitrogen and oxygen atoms in total. The largest absolute Gasteiger partial charge is 0.390 e. The maximum atomic E-state index is 13.2. The Morgan fingerprint density at radius 3 is 2.56 bits per heavy atom. The molecule has 3 aromatic rings. The normalized spacial score (nSPS) is 14.2. The monoisotopic (exact) mass is 338 g/mol. The third-order valence-electron chi connectivity index (χ3n) is 4.31. The Kier molecular flexibility index (Phi) is 4.02. The first kappa shape index (κ1) is 15.5. The van der Waals surface area contributed by atoms with Gasteiger partial charge >= 0.3 is 0 Å². The summed E-state index contributed by atoms with van der Waals surface area (Å²) in [5.41, 5.74) is 2.11. The summed E-state index contributed by atoms with van der Waals surface area (Å²) in [5, 5.41) is 21.5. The molecule has 1 aromatic carbocycles. The third-order valence-corrected chi connectivity index (χ3v) is 4.31. The maximum Gasteiger partial charge on any atom is 0.297 e. The molecule has 1 fully saturated rings. The van der Waals surface area contributed by atoms with Crippen LogP contribution in [0.5, 0.6) is 0 Å². The Balaban J connectivity index is 1.89. The van der Waals surface area contributed by atoms with Crippen molar-refractivity contribution in [2.45, 2.75) is 19.4 Å². The molecule has 1 saturated heterocycles. The molecule has 1 aliphatic rings. The zero-order valence-electron chi connectivity index (χ0n) is 13.6. The Morgan fingerprint density at radius 2 is 1.88 bits per heavy atom. The number of aliphatic hydroxyl groups is 1. The molecule has 4 rings (SSSR count). The molecule has 2 aromatic heterocycles. The van der Waals surface area contributed by atoms with Gasteiger partial charge in [0.05, 0.1) is 24.7 Å². The number of benzene rings is 1. The zero-order chi connectivity index (χ0) is 17.2. The van der Waals surface area contributed by atoms with Crippen molar-refractivity contribution in [2.75, 3.05) is 18.0 Å². The van der Waals surface area contributed by atoms with E-state index in [2.05, 4.69) is 20.3 Å². The standard InChI is InChI=1S/C17H18N6O2/c24-12-13-11-22(20-19-13)15-10-18-23(14-6-2-1-3-7-14)17(25)16(15)21-8-4-5-9-21/h1-3,6-7,10-11,24H,4-5,8-9,12H2. The average Bonchev–Trinajstić information content (AvgIpc) is 3.34. The number of para-hydroxylation sites is 1. The highest BCUT2D eigenvalue weighted by atomic mass is 16.3. The molecule has 0 saturated carbocycles. The minimum Gasteiger partial charge on any atom is -0.390 e. The van der Waals surface area contributed by atoms with Gasteiger partial charge in [0, 0.05) is 13.1 Å². The van der Waals surface area contributed by atoms with Gasteiger partial charge in [-0.15, -0.1) is 5.10 Å². The molecular weight excluding hydrogens is 320 g/mol. The van der Waals surface area contributed by atoms with E-state index in [1.165, 1.54) is 9.36 Å². The Labute approximate surface area is 143 Å². The van der Waals surface area contributed by atoms with E-state index in [1.807, 2.05) is 30.3 Å². The molecule has 0 radical (unpaired) electrons. The lowest BCUT2D eigenvalue weighted by Gasteiger charge is -2.20. The smallest absolute Gasteiger partial charge is 0.297 e. The Morgan fingerprint density at radius 1 is 1.12 bits per heavy atom. The van der Waals surface area contributed by atoms with Gasteiger partial charge in [0.2, 0.25) is 0 Å². The molecule has 0 atom stereocenters. The number of nitrogens with zero attached hydrogens (tertiary/aromatic N) is 6. The summed E-state index contributed by atoms with van der Waals surface area (Å²) < 4.78 is 2.91. The molecule has 3 heterocycles. The van der Waals surface area contributed by atoms with Gasteiger partial charge in [0.15, 0.2) is 0 Å². The van der Waals surface area contributed by atoms with Gasteiger partial charge in [-0.1, -0.05) is 23.4 Å². The predicted octanol–water partition coefficient (Wildman–Crippen LogP) is 0.906. The first-order valence-corrected chi connectivity index (χ1v) is 8.23. The molecule has 0 amide bonds. The van der Waals surface area contributed by atoms with Crippen LogP contribution in [-0.2, 0) is 6.61 Å². The van der Waals surface area contributed by atoms with Crippen LogP contribution in [0.15, 0.2) is 47.5 Å². The van der Waals surface area contributed by atoms with Crippen LogP contribution in [0.1, 0.15) is 18.5 Å². The number of hydrogen-bond acceptors (Lipinski definition) is 6. The number of hydrogen-bond donors (Lipinski definition) is 1. The number of rotatable bonds is 4. The summed E-state index contributed by atoms with van der Waals surface area (Å²) in [4.78, 5) is 15.2. The van der Waals surface area contributed by atoms with E-state index in [1.54, 1.807) is 12.4 Å². The second-order valence-electron chi connectivity index (χ2n) is 5.94. The van der Waals surface area contributed by atoms with Crippen LogP contribution < -0.4 is 10.5 Å². The van der Waals surface area contributed by atoms with E-state index < -0.39 is 0 Å². The van der Waals surface area contributed by atoms with Crippen LogP contribution in [0, 0.1) is 0 Å². The average molecular weight is 338 g/mol. The first-order chi connectivity index (χ1) is 12.3. The molecule has 8 heteroatoms. The SMILES string of the molecule is O=c1c(N2CCCC2)c(-n2cc(CO)nn2)cnn1-c1ccccc1. The minimum atomic E-state index is -0.201. The summed E-state index contributed by atoms with van der Waals surface area (Å²) in [6.07, 6.45) is 5.33. The molecule has 25 heavy (non-hydrogen) atoms. The summed E-state index contributed by atoms with van der Waals surface area (Å²) in [6.45, 7) is 1.44. The molecule has 1 N–H and O–H groups in total. The van der Waals surface area contributed by atoms with Gasteiger partial charge in [0.25, 0.3) is 5.56 Å². The predicted molar refractivity (Wildman–Crippen MR) is 92.1 cm³/mol. The van der Waals surface area contributed by atoms with Gasteiger partial charge in [-0.05, 0) is 25.0 Å². The Bertz CT molecular complexity index is 928. The maximum absolute atomic E-state index is 13.2. The van der Waals surface area contributed by atoms with Crippen molar-refractivity contribution in [3.8, 4) is 11.4 Å². The van der Waals surface area contributed by atoms with E-state index in [-0.39, 0.29) is 12.2 Å². The van der Waals surface area contributed by atoms with Crippen LogP contribution in [0.25, 0.3) is 11.4 Å². The quantitative estimate of drug-likeness (QED) is 0.760. The van der Waals surface area contributed by atoms with E-state index in [0.29, 0.717) is 22.8 Å². The second-order valence-corrected chi connectivity index (χ2v) is 5.94. The highest BCUT2D eigenvalue weighted by Gasteiger charge is 2.23. The lowest BCUT2D eigenvalue weighted by Crippen LogP contribution is -2.32. The summed E-state index contributed by atoms with van der Waals surface area (Å²) >= 11 is 0. The number of anilines is 1. The highest BCUT2D eigenvalue weighted by Crippen LogP contribution is 2.23. The van der Waals surface area contributed by atoms with Gasteiger partial charge in [-0.2, -0.15) is 9.78 Å². The summed E-state index contributed by atoms with van der Waals surface area (Å²) in [6, 6.07) is 9.34. The van der Waals surface area contributed by atoms with Gasteiger partial charge in [0.1, 0.15) is 17.1 Å².